The summed E-state index contributed by atoms with van der Waals surface area (Å²) in [7, 11) is 0. The van der Waals surface area contributed by atoms with Crippen molar-refractivity contribution in [2.24, 2.45) is 0 Å². The van der Waals surface area contributed by atoms with Crippen molar-refractivity contribution in [1.29, 1.82) is 5.26 Å². The molecule has 2 aromatic rings. The first-order chi connectivity index (χ1) is 9.06. The van der Waals surface area contributed by atoms with Crippen molar-refractivity contribution in [3.05, 3.63) is 39.7 Å². The number of nitro groups is 1. The first-order valence-corrected chi connectivity index (χ1v) is 4.92. The lowest BCUT2D eigenvalue weighted by Gasteiger charge is -2.01. The Morgan fingerprint density at radius 3 is 2.68 bits per heavy atom. The van der Waals surface area contributed by atoms with Crippen LogP contribution in [-0.2, 0) is 4.79 Å². The van der Waals surface area contributed by atoms with Gasteiger partial charge in [-0.3, -0.25) is 19.7 Å². The Hall–Kier alpha value is -3.21. The number of nitro benzene ring substituents is 1. The van der Waals surface area contributed by atoms with Crippen LogP contribution in [0.2, 0.25) is 0 Å². The Bertz CT molecular complexity index is 763. The fraction of sp³-hybridized carbons (Fsp3) is 0. The third-order valence-electron chi connectivity index (χ3n) is 2.30. The Morgan fingerprint density at radius 2 is 2.11 bits per heavy atom. The van der Waals surface area contributed by atoms with Gasteiger partial charge in [0.25, 0.3) is 5.69 Å². The molecule has 0 aliphatic rings. The summed E-state index contributed by atoms with van der Waals surface area (Å²) < 4.78 is 0. The second kappa shape index (κ2) is 4.58. The number of non-ortho nitro benzene ring substituents is 1. The molecule has 1 heterocycles. The van der Waals surface area contributed by atoms with Gasteiger partial charge in [-0.15, -0.1) is 0 Å². The summed E-state index contributed by atoms with van der Waals surface area (Å²) in [5.74, 6) is -0.968. The summed E-state index contributed by atoms with van der Waals surface area (Å²) in [4.78, 5) is 39.3. The molecule has 1 aromatic carbocycles. The van der Waals surface area contributed by atoms with Crippen LogP contribution in [0.1, 0.15) is 16.2 Å². The molecule has 0 spiro atoms. The van der Waals surface area contributed by atoms with Crippen LogP contribution >= 0.6 is 0 Å². The fourth-order valence-corrected chi connectivity index (χ4v) is 1.46. The van der Waals surface area contributed by atoms with E-state index in [-0.39, 0.29) is 34.4 Å². The smallest absolute Gasteiger partial charge is 0.271 e. The highest BCUT2D eigenvalue weighted by Crippen LogP contribution is 2.19. The van der Waals surface area contributed by atoms with Crippen LogP contribution in [0.3, 0.4) is 0 Å². The lowest BCUT2D eigenvalue weighted by molar-refractivity contribution is -0.384. The minimum Gasteiger partial charge on any atom is -0.294 e. The zero-order valence-electron chi connectivity index (χ0n) is 9.23. The molecule has 0 N–H and O–H groups in total. The van der Waals surface area contributed by atoms with E-state index in [0.717, 1.165) is 6.07 Å². The maximum absolute atomic E-state index is 11.3. The van der Waals surface area contributed by atoms with E-state index in [1.54, 1.807) is 6.07 Å². The molecule has 19 heavy (non-hydrogen) atoms. The fourth-order valence-electron chi connectivity index (χ4n) is 1.46. The van der Waals surface area contributed by atoms with Crippen LogP contribution in [0.25, 0.3) is 11.0 Å². The maximum atomic E-state index is 11.3. The molecule has 8 heteroatoms. The van der Waals surface area contributed by atoms with Crippen LogP contribution in [0.4, 0.5) is 5.69 Å². The topological polar surface area (TPSA) is 127 Å². The van der Waals surface area contributed by atoms with E-state index in [9.17, 15) is 19.7 Å². The van der Waals surface area contributed by atoms with Gasteiger partial charge < -0.3 is 0 Å². The Labute approximate surface area is 105 Å². The normalized spacial score (nSPS) is 9.84. The minimum absolute atomic E-state index is 0.0298. The Kier molecular flexibility index (Phi) is 2.95. The molecule has 2 rings (SSSR count). The van der Waals surface area contributed by atoms with Gasteiger partial charge in [-0.2, -0.15) is 5.26 Å². The largest absolute Gasteiger partial charge is 0.294 e. The molecule has 0 saturated heterocycles. The summed E-state index contributed by atoms with van der Waals surface area (Å²) in [5, 5.41) is 19.5. The summed E-state index contributed by atoms with van der Waals surface area (Å²) >= 11 is 0. The lowest BCUT2D eigenvalue weighted by atomic mass is 10.2. The van der Waals surface area contributed by atoms with E-state index >= 15 is 0 Å². The molecular weight excluding hydrogens is 252 g/mol. The second-order valence-corrected chi connectivity index (χ2v) is 3.44. The van der Waals surface area contributed by atoms with Gasteiger partial charge in [0, 0.05) is 12.1 Å². The van der Waals surface area contributed by atoms with Crippen LogP contribution < -0.4 is 0 Å². The zero-order valence-corrected chi connectivity index (χ0v) is 9.23. The zero-order chi connectivity index (χ0) is 14.0. The number of carbonyl (C=O) groups is 2. The SMILES string of the molecule is N#Cc1nc2cc([N+](=O)[O-])ccc2nc1C(=O)C=O. The van der Waals surface area contributed by atoms with Crippen LogP contribution in [0.5, 0.6) is 0 Å². The summed E-state index contributed by atoms with van der Waals surface area (Å²) in [6.07, 6.45) is 0.0298. The average molecular weight is 256 g/mol. The number of nitriles is 1. The van der Waals surface area contributed by atoms with Gasteiger partial charge in [0.1, 0.15) is 6.07 Å². The molecule has 0 radical (unpaired) electrons. The minimum atomic E-state index is -0.968. The van der Waals surface area contributed by atoms with E-state index in [2.05, 4.69) is 9.97 Å². The molecule has 0 bridgehead atoms. The molecule has 0 saturated carbocycles. The molecular formula is C11H4N4O4. The van der Waals surface area contributed by atoms with Crippen LogP contribution in [-0.4, -0.2) is 27.0 Å². The summed E-state index contributed by atoms with van der Waals surface area (Å²) in [6.45, 7) is 0. The van der Waals surface area contributed by atoms with Gasteiger partial charge in [0.2, 0.25) is 5.78 Å². The average Bonchev–Trinajstić information content (AvgIpc) is 2.44. The maximum Gasteiger partial charge on any atom is 0.271 e. The molecule has 0 atom stereocenters. The summed E-state index contributed by atoms with van der Waals surface area (Å²) in [5.41, 5.74) is -0.618. The van der Waals surface area contributed by atoms with Crippen LogP contribution in [0.15, 0.2) is 18.2 Å². The van der Waals surface area contributed by atoms with Crippen molar-refractivity contribution in [1.82, 2.24) is 9.97 Å². The van der Waals surface area contributed by atoms with E-state index in [4.69, 9.17) is 5.26 Å². The molecule has 8 nitrogen and oxygen atoms in total. The van der Waals surface area contributed by atoms with Crippen molar-refractivity contribution in [3.8, 4) is 6.07 Å². The third-order valence-corrected chi connectivity index (χ3v) is 2.30. The number of aromatic nitrogens is 2. The third kappa shape index (κ3) is 2.12. The predicted molar refractivity (Wildman–Crippen MR) is 61.3 cm³/mol. The molecule has 0 aliphatic carbocycles. The van der Waals surface area contributed by atoms with Gasteiger partial charge in [-0.25, -0.2) is 9.97 Å². The monoisotopic (exact) mass is 256 g/mol. The lowest BCUT2D eigenvalue weighted by Crippen LogP contribution is -2.08. The number of hydrogen-bond donors (Lipinski definition) is 0. The highest BCUT2D eigenvalue weighted by Gasteiger charge is 2.17. The van der Waals surface area contributed by atoms with Gasteiger partial charge in [0.15, 0.2) is 17.7 Å². The Morgan fingerprint density at radius 1 is 1.37 bits per heavy atom. The number of nitrogens with zero attached hydrogens (tertiary/aromatic N) is 4. The number of carbonyl (C=O) groups excluding carboxylic acids is 2. The van der Waals surface area contributed by atoms with E-state index in [1.807, 2.05) is 0 Å². The molecule has 92 valence electrons. The van der Waals surface area contributed by atoms with Gasteiger partial charge in [-0.05, 0) is 6.07 Å². The Balaban J connectivity index is 2.74. The second-order valence-electron chi connectivity index (χ2n) is 3.44. The van der Waals surface area contributed by atoms with Crippen molar-refractivity contribution in [3.63, 3.8) is 0 Å². The molecule has 0 amide bonds. The number of ketones is 1. The van der Waals surface area contributed by atoms with Gasteiger partial charge >= 0.3 is 0 Å². The molecule has 0 aliphatic heterocycles. The quantitative estimate of drug-likeness (QED) is 0.261. The number of hydrogen-bond acceptors (Lipinski definition) is 7. The number of benzene rings is 1. The number of rotatable bonds is 3. The van der Waals surface area contributed by atoms with E-state index in [1.165, 1.54) is 12.1 Å². The van der Waals surface area contributed by atoms with Crippen molar-refractivity contribution < 1.29 is 14.5 Å². The van der Waals surface area contributed by atoms with Crippen LogP contribution in [0, 0.1) is 21.4 Å². The van der Waals surface area contributed by atoms with Crippen molar-refractivity contribution >= 4 is 28.8 Å². The van der Waals surface area contributed by atoms with E-state index < -0.39 is 10.7 Å². The number of fused-ring (bicyclic) bond motifs is 1. The first-order valence-electron chi connectivity index (χ1n) is 4.92. The van der Waals surface area contributed by atoms with Crippen molar-refractivity contribution in [2.75, 3.05) is 0 Å². The highest BCUT2D eigenvalue weighted by molar-refractivity contribution is 6.33. The number of aldehydes is 1. The van der Waals surface area contributed by atoms with Gasteiger partial charge in [0.05, 0.1) is 16.0 Å². The molecule has 0 unspecified atom stereocenters. The first kappa shape index (κ1) is 12.3. The predicted octanol–water partition coefficient (Wildman–Crippen LogP) is 0.791. The van der Waals surface area contributed by atoms with Gasteiger partial charge in [-0.1, -0.05) is 0 Å². The highest BCUT2D eigenvalue weighted by atomic mass is 16.6. The summed E-state index contributed by atoms with van der Waals surface area (Å²) in [6, 6.07) is 5.25. The molecule has 0 fully saturated rings. The number of Topliss-reactive ketones (excluding diaryl/α,β-unsaturated/α-hetero) is 1. The molecule has 1 aromatic heterocycles. The standard InChI is InChI=1S/C11H4N4O4/c12-4-9-11(10(17)5-16)14-7-2-1-6(15(18)19)3-8(7)13-9/h1-3,5H. The van der Waals surface area contributed by atoms with E-state index in [0.29, 0.717) is 0 Å². The van der Waals surface area contributed by atoms with Crippen molar-refractivity contribution in [2.45, 2.75) is 0 Å².